The first kappa shape index (κ1) is 20.4. The van der Waals surface area contributed by atoms with Gasteiger partial charge < -0.3 is 9.88 Å². The second-order valence-electron chi connectivity index (χ2n) is 8.76. The van der Waals surface area contributed by atoms with Gasteiger partial charge in [-0.15, -0.1) is 0 Å². The van der Waals surface area contributed by atoms with E-state index >= 15 is 0 Å². The number of nitrogens with zero attached hydrogens (tertiary/aromatic N) is 3. The van der Waals surface area contributed by atoms with E-state index in [0.717, 1.165) is 42.5 Å². The zero-order valence-corrected chi connectivity index (χ0v) is 18.3. The van der Waals surface area contributed by atoms with E-state index in [9.17, 15) is 8.42 Å². The third kappa shape index (κ3) is 4.05. The average Bonchev–Trinajstić information content (AvgIpc) is 3.43. The van der Waals surface area contributed by atoms with Gasteiger partial charge >= 0.3 is 10.3 Å². The van der Waals surface area contributed by atoms with Crippen LogP contribution in [0.4, 0.5) is 5.82 Å². The molecule has 0 saturated heterocycles. The zero-order valence-electron chi connectivity index (χ0n) is 17.4. The van der Waals surface area contributed by atoms with Gasteiger partial charge in [-0.25, -0.2) is 15.1 Å². The molecule has 0 spiro atoms. The number of rotatable bonds is 6. The predicted octanol–water partition coefficient (Wildman–Crippen LogP) is 3.34. The molecule has 31 heavy (non-hydrogen) atoms. The van der Waals surface area contributed by atoms with Gasteiger partial charge in [-0.05, 0) is 54.7 Å². The Balaban J connectivity index is 1.37. The second kappa shape index (κ2) is 7.89. The Morgan fingerprint density at radius 2 is 2.06 bits per heavy atom. The molecule has 0 aliphatic heterocycles. The lowest BCUT2D eigenvalue weighted by atomic mass is 10.00. The van der Waals surface area contributed by atoms with Gasteiger partial charge in [0.05, 0.1) is 18.0 Å². The summed E-state index contributed by atoms with van der Waals surface area (Å²) in [6.45, 7) is 2.25. The molecule has 1 fully saturated rings. The molecule has 3 N–H and O–H groups in total. The minimum atomic E-state index is -3.92. The van der Waals surface area contributed by atoms with Crippen molar-refractivity contribution in [3.8, 4) is 0 Å². The van der Waals surface area contributed by atoms with Gasteiger partial charge in [-0.2, -0.15) is 8.42 Å². The van der Waals surface area contributed by atoms with Gasteiger partial charge in [0.2, 0.25) is 0 Å². The standard InChI is InChI=1S/C22H27N5O3S/c1-14-10-17(11-16(14)12-30-31(23,28)29)27-9-8-19-21(24-13-25-22(19)27)26-20-7-6-15-4-2-3-5-18(15)20/h2-5,8-9,13-14,16-17,20H,6-7,10-12H2,1H3,(H2,23,28,29)(H,24,25,26)/t14?,16-,17-,20?/m0/s1. The maximum atomic E-state index is 11.2. The molecule has 1 saturated carbocycles. The fourth-order valence-electron chi connectivity index (χ4n) is 5.19. The molecule has 2 unspecified atom stereocenters. The van der Waals surface area contributed by atoms with Gasteiger partial charge in [-0.3, -0.25) is 4.18 Å². The number of aromatic nitrogens is 3. The summed E-state index contributed by atoms with van der Waals surface area (Å²) in [6.07, 6.45) is 7.56. The van der Waals surface area contributed by atoms with Crippen LogP contribution >= 0.6 is 0 Å². The van der Waals surface area contributed by atoms with Crippen LogP contribution in [-0.2, 0) is 20.9 Å². The summed E-state index contributed by atoms with van der Waals surface area (Å²) < 4.78 is 29.4. The summed E-state index contributed by atoms with van der Waals surface area (Å²) in [4.78, 5) is 9.10. The summed E-state index contributed by atoms with van der Waals surface area (Å²) in [5.41, 5.74) is 3.64. The first-order chi connectivity index (χ1) is 14.9. The van der Waals surface area contributed by atoms with Crippen molar-refractivity contribution in [3.63, 3.8) is 0 Å². The van der Waals surface area contributed by atoms with Crippen molar-refractivity contribution in [3.05, 3.63) is 54.0 Å². The summed E-state index contributed by atoms with van der Waals surface area (Å²) in [5.74, 6) is 1.32. The number of fused-ring (bicyclic) bond motifs is 2. The SMILES string of the molecule is CC1C[C@H](n2ccc3c(NC4CCc5ccccc54)ncnc32)C[C@H]1COS(N)(=O)=O. The van der Waals surface area contributed by atoms with Gasteiger partial charge in [0.15, 0.2) is 0 Å². The van der Waals surface area contributed by atoms with Crippen LogP contribution in [-0.4, -0.2) is 29.6 Å². The normalized spacial score (nSPS) is 25.7. The Bertz CT molecular complexity index is 1210. The molecule has 2 aromatic heterocycles. The quantitative estimate of drug-likeness (QED) is 0.607. The highest BCUT2D eigenvalue weighted by atomic mass is 32.2. The van der Waals surface area contributed by atoms with E-state index in [1.807, 2.05) is 0 Å². The Labute approximate surface area is 182 Å². The molecule has 2 heterocycles. The fourth-order valence-corrected chi connectivity index (χ4v) is 5.56. The zero-order chi connectivity index (χ0) is 21.6. The van der Waals surface area contributed by atoms with Crippen molar-refractivity contribution in [1.82, 2.24) is 14.5 Å². The van der Waals surface area contributed by atoms with Gasteiger partial charge in [-0.1, -0.05) is 31.2 Å². The van der Waals surface area contributed by atoms with E-state index in [0.29, 0.717) is 5.92 Å². The maximum Gasteiger partial charge on any atom is 0.333 e. The van der Waals surface area contributed by atoms with E-state index in [1.165, 1.54) is 11.1 Å². The van der Waals surface area contributed by atoms with Crippen molar-refractivity contribution < 1.29 is 12.6 Å². The largest absolute Gasteiger partial charge is 0.363 e. The van der Waals surface area contributed by atoms with Crippen LogP contribution in [0, 0.1) is 11.8 Å². The van der Waals surface area contributed by atoms with E-state index in [1.54, 1.807) is 6.33 Å². The molecule has 0 bridgehead atoms. The molecule has 3 aromatic rings. The van der Waals surface area contributed by atoms with Crippen LogP contribution in [0.2, 0.25) is 0 Å². The van der Waals surface area contributed by atoms with Crippen LogP contribution < -0.4 is 10.5 Å². The van der Waals surface area contributed by atoms with Gasteiger partial charge in [0, 0.05) is 12.2 Å². The monoisotopic (exact) mass is 441 g/mol. The minimum absolute atomic E-state index is 0.124. The summed E-state index contributed by atoms with van der Waals surface area (Å²) >= 11 is 0. The molecule has 0 amide bonds. The lowest BCUT2D eigenvalue weighted by Gasteiger charge is -2.17. The Morgan fingerprint density at radius 3 is 2.90 bits per heavy atom. The van der Waals surface area contributed by atoms with E-state index in [4.69, 9.17) is 9.32 Å². The van der Waals surface area contributed by atoms with E-state index < -0.39 is 10.3 Å². The first-order valence-corrected chi connectivity index (χ1v) is 12.2. The number of nitrogens with one attached hydrogen (secondary N) is 1. The van der Waals surface area contributed by atoms with Crippen LogP contribution in [0.25, 0.3) is 11.0 Å². The second-order valence-corrected chi connectivity index (χ2v) is 9.98. The molecule has 164 valence electrons. The molecule has 5 rings (SSSR count). The van der Waals surface area contributed by atoms with E-state index in [-0.39, 0.29) is 24.6 Å². The summed E-state index contributed by atoms with van der Waals surface area (Å²) in [5, 5.41) is 9.63. The molecule has 0 radical (unpaired) electrons. The molecule has 8 nitrogen and oxygen atoms in total. The van der Waals surface area contributed by atoms with Crippen molar-refractivity contribution in [2.45, 2.75) is 44.7 Å². The van der Waals surface area contributed by atoms with E-state index in [2.05, 4.69) is 63.3 Å². The average molecular weight is 442 g/mol. The smallest absolute Gasteiger partial charge is 0.333 e. The van der Waals surface area contributed by atoms with Crippen LogP contribution in [0.3, 0.4) is 0 Å². The molecule has 4 atom stereocenters. The van der Waals surface area contributed by atoms with Crippen LogP contribution in [0.15, 0.2) is 42.9 Å². The third-order valence-corrected chi connectivity index (χ3v) is 7.28. The van der Waals surface area contributed by atoms with Crippen molar-refractivity contribution in [2.24, 2.45) is 17.0 Å². The third-order valence-electron chi connectivity index (χ3n) is 6.82. The minimum Gasteiger partial charge on any atom is -0.363 e. The lowest BCUT2D eigenvalue weighted by Crippen LogP contribution is -2.21. The Hall–Kier alpha value is -2.49. The van der Waals surface area contributed by atoms with Crippen LogP contribution in [0.5, 0.6) is 0 Å². The van der Waals surface area contributed by atoms with Gasteiger partial charge in [0.1, 0.15) is 17.8 Å². The lowest BCUT2D eigenvalue weighted by molar-refractivity contribution is 0.226. The van der Waals surface area contributed by atoms with Crippen molar-refractivity contribution in [2.75, 3.05) is 11.9 Å². The molecular weight excluding hydrogens is 414 g/mol. The van der Waals surface area contributed by atoms with Gasteiger partial charge in [0.25, 0.3) is 0 Å². The molecule has 2 aliphatic rings. The summed E-state index contributed by atoms with van der Waals surface area (Å²) in [7, 11) is -3.92. The highest BCUT2D eigenvalue weighted by Gasteiger charge is 2.34. The number of nitrogens with two attached hydrogens (primary N) is 1. The van der Waals surface area contributed by atoms with Crippen molar-refractivity contribution in [1.29, 1.82) is 0 Å². The molecule has 9 heteroatoms. The van der Waals surface area contributed by atoms with Crippen molar-refractivity contribution >= 4 is 27.2 Å². The number of aryl methyl sites for hydroxylation is 1. The highest BCUT2D eigenvalue weighted by molar-refractivity contribution is 7.84. The number of benzene rings is 1. The topological polar surface area (TPSA) is 112 Å². The fraction of sp³-hybridized carbons (Fsp3) is 0.455. The highest BCUT2D eigenvalue weighted by Crippen LogP contribution is 2.41. The molecule has 1 aromatic carbocycles. The Morgan fingerprint density at radius 1 is 1.23 bits per heavy atom. The van der Waals surface area contributed by atoms with Crippen LogP contribution in [0.1, 0.15) is 49.4 Å². The maximum absolute atomic E-state index is 11.2. The molecular formula is C22H27N5O3S. The molecule has 2 aliphatic carbocycles. The predicted molar refractivity (Wildman–Crippen MR) is 119 cm³/mol. The summed E-state index contributed by atoms with van der Waals surface area (Å²) in [6, 6.07) is 11.1. The number of anilines is 1. The first-order valence-electron chi connectivity index (χ1n) is 10.7. The number of hydrogen-bond acceptors (Lipinski definition) is 6. The Kier molecular flexibility index (Phi) is 5.19. The number of hydrogen-bond donors (Lipinski definition) is 2.